The van der Waals surface area contributed by atoms with Crippen molar-refractivity contribution in [2.45, 2.75) is 37.9 Å². The van der Waals surface area contributed by atoms with E-state index in [0.717, 1.165) is 35.6 Å². The van der Waals surface area contributed by atoms with Crippen molar-refractivity contribution in [2.24, 2.45) is 0 Å². The third-order valence-corrected chi connectivity index (χ3v) is 5.53. The summed E-state index contributed by atoms with van der Waals surface area (Å²) in [6.07, 6.45) is 4.65. The number of urea groups is 1. The summed E-state index contributed by atoms with van der Waals surface area (Å²) in [5.41, 5.74) is 1.79. The highest BCUT2D eigenvalue weighted by Crippen LogP contribution is 2.35. The van der Waals surface area contributed by atoms with Crippen LogP contribution in [0.15, 0.2) is 48.5 Å². The molecule has 0 aromatic heterocycles. The molecule has 6 heteroatoms. The fourth-order valence-corrected chi connectivity index (χ4v) is 3.93. The van der Waals surface area contributed by atoms with Crippen LogP contribution in [-0.2, 0) is 4.74 Å². The zero-order chi connectivity index (χ0) is 20.1. The van der Waals surface area contributed by atoms with Gasteiger partial charge in [-0.25, -0.2) is 4.79 Å². The standard InChI is InChI=1S/C23H28N2O4/c1-27-20-12-11-17(15-21(20)29-19-9-5-6-10-19)22-16-25(13-14-28-22)23(26)24-18-7-3-2-4-8-18/h2-4,7-8,11-12,15,19,22H,5-6,9-10,13-14,16H2,1H3,(H,24,26). The number of carbonyl (C=O) groups is 1. The second-order valence-electron chi connectivity index (χ2n) is 7.54. The van der Waals surface area contributed by atoms with Gasteiger partial charge in [0, 0.05) is 12.2 Å². The summed E-state index contributed by atoms with van der Waals surface area (Å²) in [4.78, 5) is 14.5. The fourth-order valence-electron chi connectivity index (χ4n) is 3.93. The van der Waals surface area contributed by atoms with Gasteiger partial charge in [0.15, 0.2) is 11.5 Å². The van der Waals surface area contributed by atoms with E-state index in [1.54, 1.807) is 12.0 Å². The summed E-state index contributed by atoms with van der Waals surface area (Å²) in [7, 11) is 1.66. The second kappa shape index (κ2) is 9.18. The molecule has 154 valence electrons. The second-order valence-corrected chi connectivity index (χ2v) is 7.54. The van der Waals surface area contributed by atoms with Crippen LogP contribution in [0.3, 0.4) is 0 Å². The van der Waals surface area contributed by atoms with Crippen molar-refractivity contribution in [3.8, 4) is 11.5 Å². The van der Waals surface area contributed by atoms with Gasteiger partial charge >= 0.3 is 6.03 Å². The van der Waals surface area contributed by atoms with E-state index < -0.39 is 0 Å². The summed E-state index contributed by atoms with van der Waals surface area (Å²) in [5, 5.41) is 2.95. The Labute approximate surface area is 171 Å². The molecule has 2 aromatic rings. The third kappa shape index (κ3) is 4.82. The molecule has 29 heavy (non-hydrogen) atoms. The number of para-hydroxylation sites is 1. The van der Waals surface area contributed by atoms with E-state index in [2.05, 4.69) is 5.32 Å². The Balaban J connectivity index is 1.45. The highest BCUT2D eigenvalue weighted by atomic mass is 16.5. The van der Waals surface area contributed by atoms with Gasteiger partial charge in [0.05, 0.1) is 26.4 Å². The van der Waals surface area contributed by atoms with Crippen LogP contribution in [0.5, 0.6) is 11.5 Å². The number of carbonyl (C=O) groups excluding carboxylic acids is 1. The number of hydrogen-bond acceptors (Lipinski definition) is 4. The number of nitrogens with zero attached hydrogens (tertiary/aromatic N) is 1. The molecule has 0 radical (unpaired) electrons. The maximum Gasteiger partial charge on any atom is 0.322 e. The summed E-state index contributed by atoms with van der Waals surface area (Å²) >= 11 is 0. The number of benzene rings is 2. The van der Waals surface area contributed by atoms with Gasteiger partial charge in [0.25, 0.3) is 0 Å². The molecule has 1 aliphatic heterocycles. The minimum atomic E-state index is -0.192. The molecule has 0 bridgehead atoms. The molecule has 4 rings (SSSR count). The lowest BCUT2D eigenvalue weighted by molar-refractivity contribution is -0.0136. The molecule has 1 atom stereocenters. The van der Waals surface area contributed by atoms with Gasteiger partial charge < -0.3 is 24.4 Å². The summed E-state index contributed by atoms with van der Waals surface area (Å²) < 4.78 is 17.7. The summed E-state index contributed by atoms with van der Waals surface area (Å²) in [6, 6.07) is 15.3. The minimum Gasteiger partial charge on any atom is -0.493 e. The number of anilines is 1. The van der Waals surface area contributed by atoms with Crippen LogP contribution in [0.25, 0.3) is 0 Å². The van der Waals surface area contributed by atoms with Crippen LogP contribution in [0, 0.1) is 0 Å². The van der Waals surface area contributed by atoms with Crippen molar-refractivity contribution in [2.75, 3.05) is 32.1 Å². The maximum absolute atomic E-state index is 12.7. The van der Waals surface area contributed by atoms with E-state index in [4.69, 9.17) is 14.2 Å². The average Bonchev–Trinajstić information content (AvgIpc) is 3.27. The van der Waals surface area contributed by atoms with E-state index in [9.17, 15) is 4.79 Å². The number of nitrogens with one attached hydrogen (secondary N) is 1. The van der Waals surface area contributed by atoms with Gasteiger partial charge in [-0.05, 0) is 55.5 Å². The number of morpholine rings is 1. The van der Waals surface area contributed by atoms with Gasteiger partial charge in [-0.1, -0.05) is 24.3 Å². The Hall–Kier alpha value is -2.73. The maximum atomic E-state index is 12.7. The molecule has 2 aliphatic rings. The van der Waals surface area contributed by atoms with Crippen molar-refractivity contribution in [3.63, 3.8) is 0 Å². The van der Waals surface area contributed by atoms with Crippen molar-refractivity contribution in [1.82, 2.24) is 4.90 Å². The largest absolute Gasteiger partial charge is 0.493 e. The topological polar surface area (TPSA) is 60.0 Å². The molecule has 6 nitrogen and oxygen atoms in total. The highest BCUT2D eigenvalue weighted by Gasteiger charge is 2.27. The third-order valence-electron chi connectivity index (χ3n) is 5.53. The van der Waals surface area contributed by atoms with Gasteiger partial charge in [0.1, 0.15) is 6.10 Å². The van der Waals surface area contributed by atoms with Gasteiger partial charge in [-0.15, -0.1) is 0 Å². The first kappa shape index (κ1) is 19.6. The Morgan fingerprint density at radius 1 is 1.10 bits per heavy atom. The van der Waals surface area contributed by atoms with Gasteiger partial charge in [-0.2, -0.15) is 0 Å². The van der Waals surface area contributed by atoms with E-state index in [1.807, 2.05) is 48.5 Å². The number of methoxy groups -OCH3 is 1. The molecular weight excluding hydrogens is 368 g/mol. The van der Waals surface area contributed by atoms with Crippen LogP contribution in [-0.4, -0.2) is 43.8 Å². The van der Waals surface area contributed by atoms with Crippen molar-refractivity contribution in [3.05, 3.63) is 54.1 Å². The molecular formula is C23H28N2O4. The van der Waals surface area contributed by atoms with Gasteiger partial charge in [-0.3, -0.25) is 0 Å². The van der Waals surface area contributed by atoms with Crippen LogP contribution in [0.2, 0.25) is 0 Å². The first-order valence-corrected chi connectivity index (χ1v) is 10.3. The molecule has 1 unspecified atom stereocenters. The zero-order valence-corrected chi connectivity index (χ0v) is 16.8. The van der Waals surface area contributed by atoms with E-state index >= 15 is 0 Å². The Bertz CT molecular complexity index is 821. The van der Waals surface area contributed by atoms with Crippen LogP contribution in [0.4, 0.5) is 10.5 Å². The predicted octanol–water partition coefficient (Wildman–Crippen LogP) is 4.62. The Morgan fingerprint density at radius 2 is 1.90 bits per heavy atom. The molecule has 0 spiro atoms. The van der Waals surface area contributed by atoms with E-state index in [1.165, 1.54) is 12.8 Å². The molecule has 2 aromatic carbocycles. The highest BCUT2D eigenvalue weighted by molar-refractivity contribution is 5.89. The molecule has 1 saturated heterocycles. The normalized spacial score (nSPS) is 19.8. The van der Waals surface area contributed by atoms with Crippen molar-refractivity contribution < 1.29 is 19.0 Å². The average molecular weight is 396 g/mol. The predicted molar refractivity (Wildman–Crippen MR) is 112 cm³/mol. The minimum absolute atomic E-state index is 0.111. The smallest absolute Gasteiger partial charge is 0.322 e. The summed E-state index contributed by atoms with van der Waals surface area (Å²) in [5.74, 6) is 1.49. The summed E-state index contributed by atoms with van der Waals surface area (Å²) in [6.45, 7) is 1.56. The lowest BCUT2D eigenvalue weighted by Gasteiger charge is -2.33. The number of amides is 2. The molecule has 1 heterocycles. The monoisotopic (exact) mass is 396 g/mol. The first-order chi connectivity index (χ1) is 14.2. The molecule has 1 N–H and O–H groups in total. The van der Waals surface area contributed by atoms with E-state index in [-0.39, 0.29) is 18.2 Å². The van der Waals surface area contributed by atoms with Gasteiger partial charge in [0.2, 0.25) is 0 Å². The molecule has 2 amide bonds. The van der Waals surface area contributed by atoms with E-state index in [0.29, 0.717) is 19.7 Å². The molecule has 1 saturated carbocycles. The van der Waals surface area contributed by atoms with Crippen molar-refractivity contribution >= 4 is 11.7 Å². The van der Waals surface area contributed by atoms with Crippen LogP contribution >= 0.6 is 0 Å². The quantitative estimate of drug-likeness (QED) is 0.801. The first-order valence-electron chi connectivity index (χ1n) is 10.3. The Morgan fingerprint density at radius 3 is 2.66 bits per heavy atom. The Kier molecular flexibility index (Phi) is 6.20. The van der Waals surface area contributed by atoms with Crippen LogP contribution in [0.1, 0.15) is 37.4 Å². The number of ether oxygens (including phenoxy) is 3. The fraction of sp³-hybridized carbons (Fsp3) is 0.435. The lowest BCUT2D eigenvalue weighted by Crippen LogP contribution is -2.44. The number of rotatable bonds is 5. The zero-order valence-electron chi connectivity index (χ0n) is 16.8. The number of hydrogen-bond donors (Lipinski definition) is 1. The molecule has 1 aliphatic carbocycles. The molecule has 2 fully saturated rings. The van der Waals surface area contributed by atoms with Crippen molar-refractivity contribution in [1.29, 1.82) is 0 Å². The SMILES string of the molecule is COc1ccc(C2CN(C(=O)Nc3ccccc3)CCO2)cc1OC1CCCC1. The lowest BCUT2D eigenvalue weighted by atomic mass is 10.1. The van der Waals surface area contributed by atoms with Crippen LogP contribution < -0.4 is 14.8 Å².